The standard InChI is InChI=1S/C25H24ClFN2O2/c26-21-9-5-18(6-10-21)24-4-2-1-3-20(24)17-28-22-13-15-29(16-14-22)23-11-7-19(8-12-23)25(30)31-27/h1-12,22,28H,13-17H2. The largest absolute Gasteiger partial charge is 0.379 e. The van der Waals surface area contributed by atoms with Gasteiger partial charge in [0.05, 0.1) is 5.56 Å². The third-order valence-electron chi connectivity index (χ3n) is 5.79. The summed E-state index contributed by atoms with van der Waals surface area (Å²) in [6, 6.07) is 23.7. The summed E-state index contributed by atoms with van der Waals surface area (Å²) in [7, 11) is 0. The number of hydrogen-bond donors (Lipinski definition) is 1. The second kappa shape index (κ2) is 9.94. The molecular formula is C25H24ClFN2O2. The van der Waals surface area contributed by atoms with Crippen molar-refractivity contribution in [3.8, 4) is 11.1 Å². The Balaban J connectivity index is 1.33. The fraction of sp³-hybridized carbons (Fsp3) is 0.240. The van der Waals surface area contributed by atoms with E-state index in [1.165, 1.54) is 11.1 Å². The maximum absolute atomic E-state index is 12.0. The van der Waals surface area contributed by atoms with E-state index in [0.717, 1.165) is 48.7 Å². The Morgan fingerprint density at radius 1 is 1.00 bits per heavy atom. The fourth-order valence-corrected chi connectivity index (χ4v) is 4.16. The molecule has 6 heteroatoms. The number of nitrogens with one attached hydrogen (secondary N) is 1. The Morgan fingerprint density at radius 3 is 2.35 bits per heavy atom. The van der Waals surface area contributed by atoms with Gasteiger partial charge in [-0.05, 0) is 65.9 Å². The first kappa shape index (κ1) is 21.3. The van der Waals surface area contributed by atoms with Gasteiger partial charge in [0, 0.05) is 40.9 Å². The first-order valence-electron chi connectivity index (χ1n) is 10.4. The van der Waals surface area contributed by atoms with Crippen molar-refractivity contribution in [2.45, 2.75) is 25.4 Å². The molecule has 1 aliphatic heterocycles. The quantitative estimate of drug-likeness (QED) is 0.527. The Kier molecular flexibility index (Phi) is 6.85. The summed E-state index contributed by atoms with van der Waals surface area (Å²) < 4.78 is 12.0. The Labute approximate surface area is 186 Å². The molecule has 0 aromatic heterocycles. The summed E-state index contributed by atoms with van der Waals surface area (Å²) in [6.07, 6.45) is 2.05. The van der Waals surface area contributed by atoms with Gasteiger partial charge >= 0.3 is 5.97 Å². The topological polar surface area (TPSA) is 41.6 Å². The van der Waals surface area contributed by atoms with E-state index in [4.69, 9.17) is 11.6 Å². The molecule has 0 radical (unpaired) electrons. The summed E-state index contributed by atoms with van der Waals surface area (Å²) in [5, 5.41) is 4.45. The molecule has 3 aromatic carbocycles. The zero-order chi connectivity index (χ0) is 21.6. The summed E-state index contributed by atoms with van der Waals surface area (Å²) in [6.45, 7) is 2.65. The van der Waals surface area contributed by atoms with Crippen LogP contribution in [-0.2, 0) is 11.5 Å². The van der Waals surface area contributed by atoms with Crippen LogP contribution in [-0.4, -0.2) is 25.1 Å². The number of piperidine rings is 1. The van der Waals surface area contributed by atoms with Crippen LogP contribution in [0.2, 0.25) is 5.02 Å². The molecule has 4 rings (SSSR count). The summed E-state index contributed by atoms with van der Waals surface area (Å²) >= 11 is 6.03. The van der Waals surface area contributed by atoms with Crippen molar-refractivity contribution in [1.82, 2.24) is 5.32 Å². The van der Waals surface area contributed by atoms with Crippen molar-refractivity contribution in [2.24, 2.45) is 0 Å². The number of rotatable bonds is 6. The molecule has 0 aliphatic carbocycles. The molecule has 0 unspecified atom stereocenters. The van der Waals surface area contributed by atoms with Gasteiger partial charge in [-0.2, -0.15) is 0 Å². The van der Waals surface area contributed by atoms with Crippen LogP contribution in [0.4, 0.5) is 10.2 Å². The lowest BCUT2D eigenvalue weighted by atomic mass is 9.98. The molecule has 1 N–H and O–H groups in total. The van der Waals surface area contributed by atoms with Gasteiger partial charge in [0.2, 0.25) is 0 Å². The monoisotopic (exact) mass is 438 g/mol. The van der Waals surface area contributed by atoms with Crippen molar-refractivity contribution in [3.63, 3.8) is 0 Å². The van der Waals surface area contributed by atoms with Gasteiger partial charge in [0.25, 0.3) is 0 Å². The summed E-state index contributed by atoms with van der Waals surface area (Å²) in [5.74, 6) is -0.965. The van der Waals surface area contributed by atoms with Crippen molar-refractivity contribution in [2.75, 3.05) is 18.0 Å². The van der Waals surface area contributed by atoms with Crippen molar-refractivity contribution >= 4 is 23.3 Å². The van der Waals surface area contributed by atoms with E-state index in [1.807, 2.05) is 24.3 Å². The van der Waals surface area contributed by atoms with Crippen LogP contribution >= 0.6 is 11.6 Å². The smallest absolute Gasteiger partial charge is 0.371 e. The van der Waals surface area contributed by atoms with Crippen LogP contribution in [0, 0.1) is 0 Å². The highest BCUT2D eigenvalue weighted by atomic mass is 35.5. The van der Waals surface area contributed by atoms with Crippen LogP contribution in [0.25, 0.3) is 11.1 Å². The van der Waals surface area contributed by atoms with Crippen LogP contribution in [0.5, 0.6) is 0 Å². The van der Waals surface area contributed by atoms with Crippen LogP contribution < -0.4 is 10.2 Å². The van der Waals surface area contributed by atoms with Gasteiger partial charge in [-0.15, -0.1) is 0 Å². The highest BCUT2D eigenvalue weighted by Crippen LogP contribution is 2.26. The van der Waals surface area contributed by atoms with E-state index < -0.39 is 5.97 Å². The van der Waals surface area contributed by atoms with Gasteiger partial charge in [-0.1, -0.05) is 48.0 Å². The number of carbonyl (C=O) groups is 1. The third-order valence-corrected chi connectivity index (χ3v) is 6.04. The summed E-state index contributed by atoms with van der Waals surface area (Å²) in [4.78, 5) is 16.8. The third kappa shape index (κ3) is 5.24. The van der Waals surface area contributed by atoms with Gasteiger partial charge < -0.3 is 10.2 Å². The molecule has 31 heavy (non-hydrogen) atoms. The lowest BCUT2D eigenvalue weighted by Gasteiger charge is -2.34. The minimum absolute atomic E-state index is 0.210. The molecule has 1 heterocycles. The fourth-order valence-electron chi connectivity index (χ4n) is 4.03. The minimum atomic E-state index is -0.965. The van der Waals surface area contributed by atoms with E-state index in [-0.39, 0.29) is 5.56 Å². The van der Waals surface area contributed by atoms with Crippen molar-refractivity contribution < 1.29 is 14.3 Å². The van der Waals surface area contributed by atoms with E-state index >= 15 is 0 Å². The average molecular weight is 439 g/mol. The average Bonchev–Trinajstić information content (AvgIpc) is 2.83. The molecule has 0 bridgehead atoms. The maximum Gasteiger partial charge on any atom is 0.379 e. The highest BCUT2D eigenvalue weighted by molar-refractivity contribution is 6.30. The van der Waals surface area contributed by atoms with Gasteiger partial charge in [-0.25, -0.2) is 9.74 Å². The number of anilines is 1. The molecule has 0 atom stereocenters. The Morgan fingerprint density at radius 2 is 1.68 bits per heavy atom. The first-order chi connectivity index (χ1) is 15.1. The van der Waals surface area contributed by atoms with Gasteiger partial charge in [-0.3, -0.25) is 0 Å². The minimum Gasteiger partial charge on any atom is -0.371 e. The second-order valence-corrected chi connectivity index (χ2v) is 8.15. The number of nitrogens with zero attached hydrogens (tertiary/aromatic N) is 1. The lowest BCUT2D eigenvalue weighted by Crippen LogP contribution is -2.42. The molecule has 0 saturated carbocycles. The van der Waals surface area contributed by atoms with Crippen molar-refractivity contribution in [3.05, 3.63) is 88.9 Å². The summed E-state index contributed by atoms with van der Waals surface area (Å²) in [5.41, 5.74) is 4.89. The SMILES string of the molecule is O=C(OF)c1ccc(N2CCC(NCc3ccccc3-c3ccc(Cl)cc3)CC2)cc1. The van der Waals surface area contributed by atoms with E-state index in [1.54, 1.807) is 12.1 Å². The lowest BCUT2D eigenvalue weighted by molar-refractivity contribution is -0.0788. The molecule has 3 aromatic rings. The normalized spacial score (nSPS) is 14.5. The number of halogens is 2. The molecule has 1 aliphatic rings. The van der Waals surface area contributed by atoms with Crippen molar-refractivity contribution in [1.29, 1.82) is 0 Å². The van der Waals surface area contributed by atoms with Crippen LogP contribution in [0.1, 0.15) is 28.8 Å². The second-order valence-electron chi connectivity index (χ2n) is 7.72. The zero-order valence-electron chi connectivity index (χ0n) is 17.1. The highest BCUT2D eigenvalue weighted by Gasteiger charge is 2.20. The molecule has 0 spiro atoms. The number of benzene rings is 3. The van der Waals surface area contributed by atoms with Crippen LogP contribution in [0.15, 0.2) is 72.8 Å². The van der Waals surface area contributed by atoms with Gasteiger partial charge in [0.15, 0.2) is 0 Å². The maximum atomic E-state index is 12.0. The molecule has 1 fully saturated rings. The number of carbonyl (C=O) groups excluding carboxylic acids is 1. The van der Waals surface area contributed by atoms with Crippen LogP contribution in [0.3, 0.4) is 0 Å². The molecule has 0 amide bonds. The van der Waals surface area contributed by atoms with E-state index in [0.29, 0.717) is 6.04 Å². The van der Waals surface area contributed by atoms with E-state index in [2.05, 4.69) is 51.6 Å². The first-order valence-corrected chi connectivity index (χ1v) is 10.8. The number of hydrogen-bond acceptors (Lipinski definition) is 4. The molecule has 160 valence electrons. The molecule has 4 nitrogen and oxygen atoms in total. The van der Waals surface area contributed by atoms with Gasteiger partial charge in [0.1, 0.15) is 0 Å². The predicted molar refractivity (Wildman–Crippen MR) is 122 cm³/mol. The van der Waals surface area contributed by atoms with E-state index in [9.17, 15) is 9.32 Å². The molecule has 1 saturated heterocycles. The molecular weight excluding hydrogens is 415 g/mol. The predicted octanol–water partition coefficient (Wildman–Crippen LogP) is 5.81. The Hall–Kier alpha value is -2.89. The Bertz CT molecular complexity index is 1020. The zero-order valence-corrected chi connectivity index (χ0v) is 17.8.